The lowest BCUT2D eigenvalue weighted by Gasteiger charge is -2.13. The van der Waals surface area contributed by atoms with Crippen molar-refractivity contribution in [3.63, 3.8) is 0 Å². The molecule has 0 spiro atoms. The van der Waals surface area contributed by atoms with Gasteiger partial charge < -0.3 is 15.4 Å². The molecule has 0 aliphatic heterocycles. The molecule has 0 fully saturated rings. The Balaban J connectivity index is 0.00000450. The molecule has 0 aliphatic carbocycles. The minimum Gasteiger partial charge on any atom is -0.496 e. The van der Waals surface area contributed by atoms with Crippen LogP contribution < -0.4 is 15.4 Å². The zero-order valence-corrected chi connectivity index (χ0v) is 21.0. The second-order valence-corrected chi connectivity index (χ2v) is 9.09. The van der Waals surface area contributed by atoms with Gasteiger partial charge in [0.15, 0.2) is 15.8 Å². The van der Waals surface area contributed by atoms with Crippen LogP contribution in [0, 0.1) is 6.92 Å². The Labute approximate surface area is 197 Å². The topological polar surface area (TPSA) is 79.8 Å². The van der Waals surface area contributed by atoms with Crippen molar-refractivity contribution in [1.82, 2.24) is 10.6 Å². The van der Waals surface area contributed by atoms with E-state index in [2.05, 4.69) is 27.8 Å². The number of hydrogen-bond acceptors (Lipinski definition) is 4. The van der Waals surface area contributed by atoms with Gasteiger partial charge in [0.1, 0.15) is 5.75 Å². The van der Waals surface area contributed by atoms with Gasteiger partial charge in [-0.15, -0.1) is 24.0 Å². The van der Waals surface area contributed by atoms with E-state index in [1.165, 1.54) is 5.56 Å². The van der Waals surface area contributed by atoms with Crippen LogP contribution in [0.5, 0.6) is 5.75 Å². The average molecular weight is 545 g/mol. The van der Waals surface area contributed by atoms with Gasteiger partial charge in [-0.2, -0.15) is 0 Å². The smallest absolute Gasteiger partial charge is 0.190 e. The fraction of sp³-hybridized carbons (Fsp3) is 0.409. The lowest BCUT2D eigenvalue weighted by molar-refractivity contribution is 0.411. The third-order valence-electron chi connectivity index (χ3n) is 4.56. The molecule has 8 heteroatoms. The molecule has 0 radical (unpaired) electrons. The van der Waals surface area contributed by atoms with Gasteiger partial charge in [-0.25, -0.2) is 8.42 Å². The van der Waals surface area contributed by atoms with Crippen LogP contribution >= 0.6 is 24.0 Å². The summed E-state index contributed by atoms with van der Waals surface area (Å²) in [6.07, 6.45) is 1.37. The van der Waals surface area contributed by atoms with Crippen LogP contribution in [-0.2, 0) is 22.0 Å². The van der Waals surface area contributed by atoms with Gasteiger partial charge >= 0.3 is 0 Å². The number of guanidine groups is 1. The maximum Gasteiger partial charge on any atom is 0.190 e. The number of nitrogens with zero attached hydrogens (tertiary/aromatic N) is 1. The highest BCUT2D eigenvalue weighted by Crippen LogP contribution is 2.19. The average Bonchev–Trinajstić information content (AvgIpc) is 2.71. The minimum atomic E-state index is -3.11. The van der Waals surface area contributed by atoms with Crippen molar-refractivity contribution >= 4 is 39.8 Å². The van der Waals surface area contributed by atoms with E-state index in [0.29, 0.717) is 18.9 Å². The van der Waals surface area contributed by atoms with Crippen LogP contribution in [-0.4, -0.2) is 47.4 Å². The molecule has 0 bridgehead atoms. The zero-order chi connectivity index (χ0) is 21.1. The first kappa shape index (κ1) is 26.2. The third kappa shape index (κ3) is 9.34. The van der Waals surface area contributed by atoms with Crippen LogP contribution in [0.4, 0.5) is 0 Å². The Morgan fingerprint density at radius 3 is 2.40 bits per heavy atom. The van der Waals surface area contributed by atoms with Crippen molar-refractivity contribution in [3.05, 3.63) is 65.2 Å². The Kier molecular flexibility index (Phi) is 11.8. The van der Waals surface area contributed by atoms with E-state index in [9.17, 15) is 8.42 Å². The Hall–Kier alpha value is -1.81. The monoisotopic (exact) mass is 545 g/mol. The number of halogens is 1. The molecular formula is C22H32IN3O3S. The van der Waals surface area contributed by atoms with Gasteiger partial charge in [0.05, 0.1) is 18.6 Å². The molecule has 2 aromatic carbocycles. The van der Waals surface area contributed by atoms with Gasteiger partial charge in [0, 0.05) is 20.1 Å². The molecular weight excluding hydrogens is 513 g/mol. The highest BCUT2D eigenvalue weighted by Gasteiger charge is 2.11. The van der Waals surface area contributed by atoms with Gasteiger partial charge in [0.2, 0.25) is 0 Å². The molecule has 166 valence electrons. The molecule has 2 aromatic rings. The summed E-state index contributed by atoms with van der Waals surface area (Å²) in [6.45, 7) is 3.29. The first-order valence-electron chi connectivity index (χ1n) is 9.76. The molecule has 0 saturated heterocycles. The summed E-state index contributed by atoms with van der Waals surface area (Å²) in [4.78, 5) is 4.19. The summed E-state index contributed by atoms with van der Waals surface area (Å²) in [6, 6.07) is 15.5. The van der Waals surface area contributed by atoms with E-state index >= 15 is 0 Å². The number of aryl methyl sites for hydroxylation is 1. The summed E-state index contributed by atoms with van der Waals surface area (Å²) in [7, 11) is 0.267. The van der Waals surface area contributed by atoms with E-state index in [0.717, 1.165) is 29.8 Å². The van der Waals surface area contributed by atoms with Crippen LogP contribution in [0.1, 0.15) is 23.1 Å². The third-order valence-corrected chi connectivity index (χ3v) is 6.24. The predicted molar refractivity (Wildman–Crippen MR) is 135 cm³/mol. The first-order chi connectivity index (χ1) is 13.9. The Morgan fingerprint density at radius 2 is 1.73 bits per heavy atom. The quantitative estimate of drug-likeness (QED) is 0.207. The normalized spacial score (nSPS) is 11.5. The van der Waals surface area contributed by atoms with Gasteiger partial charge in [-0.1, -0.05) is 42.5 Å². The maximum atomic E-state index is 12.2. The van der Waals surface area contributed by atoms with E-state index < -0.39 is 9.84 Å². The summed E-state index contributed by atoms with van der Waals surface area (Å²) in [5.74, 6) is 1.79. The van der Waals surface area contributed by atoms with E-state index in [4.69, 9.17) is 4.74 Å². The Morgan fingerprint density at radius 1 is 1.03 bits per heavy atom. The molecule has 2 rings (SSSR count). The van der Waals surface area contributed by atoms with Crippen molar-refractivity contribution in [3.8, 4) is 5.75 Å². The van der Waals surface area contributed by atoms with Gasteiger partial charge in [-0.05, 0) is 42.5 Å². The number of nitrogens with one attached hydrogen (secondary N) is 2. The molecule has 0 atom stereocenters. The fourth-order valence-electron chi connectivity index (χ4n) is 2.96. The molecule has 6 nitrogen and oxygen atoms in total. The lowest BCUT2D eigenvalue weighted by atomic mass is 10.1. The predicted octanol–water partition coefficient (Wildman–Crippen LogP) is 3.33. The summed E-state index contributed by atoms with van der Waals surface area (Å²) in [5.41, 5.74) is 3.12. The van der Waals surface area contributed by atoms with Crippen LogP contribution in [0.25, 0.3) is 0 Å². The van der Waals surface area contributed by atoms with Crippen molar-refractivity contribution in [2.75, 3.05) is 33.0 Å². The number of hydrogen-bond donors (Lipinski definition) is 2. The molecule has 30 heavy (non-hydrogen) atoms. The summed E-state index contributed by atoms with van der Waals surface area (Å²) in [5, 5.41) is 6.43. The maximum absolute atomic E-state index is 12.2. The van der Waals surface area contributed by atoms with Crippen LogP contribution in [0.3, 0.4) is 0 Å². The molecule has 2 N–H and O–H groups in total. The van der Waals surface area contributed by atoms with Crippen LogP contribution in [0.2, 0.25) is 0 Å². The summed E-state index contributed by atoms with van der Waals surface area (Å²) < 4.78 is 29.8. The fourth-order valence-corrected chi connectivity index (χ4v) is 4.39. The van der Waals surface area contributed by atoms with E-state index in [-0.39, 0.29) is 35.5 Å². The highest BCUT2D eigenvalue weighted by molar-refractivity contribution is 14.0. The largest absolute Gasteiger partial charge is 0.496 e. The van der Waals surface area contributed by atoms with E-state index in [1.54, 1.807) is 14.2 Å². The number of aliphatic imine (C=N–C) groups is 1. The lowest BCUT2D eigenvalue weighted by Crippen LogP contribution is -2.39. The molecule has 0 aromatic heterocycles. The van der Waals surface area contributed by atoms with Crippen molar-refractivity contribution in [2.45, 2.75) is 25.5 Å². The number of rotatable bonds is 10. The molecule has 0 amide bonds. The summed E-state index contributed by atoms with van der Waals surface area (Å²) >= 11 is 0. The van der Waals surface area contributed by atoms with Gasteiger partial charge in [0.25, 0.3) is 0 Å². The molecule has 0 heterocycles. The highest BCUT2D eigenvalue weighted by atomic mass is 127. The minimum absolute atomic E-state index is 0. The molecule has 0 unspecified atom stereocenters. The number of sulfone groups is 1. The van der Waals surface area contributed by atoms with E-state index in [1.807, 2.05) is 43.3 Å². The van der Waals surface area contributed by atoms with Crippen LogP contribution in [0.15, 0.2) is 53.5 Å². The van der Waals surface area contributed by atoms with Crippen molar-refractivity contribution in [2.24, 2.45) is 4.99 Å². The first-order valence-corrected chi connectivity index (χ1v) is 11.6. The number of methoxy groups -OCH3 is 1. The van der Waals surface area contributed by atoms with Crippen molar-refractivity contribution < 1.29 is 13.2 Å². The zero-order valence-electron chi connectivity index (χ0n) is 17.8. The molecule has 0 aliphatic rings. The molecule has 0 saturated carbocycles. The Bertz CT molecular complexity index is 903. The van der Waals surface area contributed by atoms with Gasteiger partial charge in [-0.3, -0.25) is 4.99 Å². The van der Waals surface area contributed by atoms with Crippen molar-refractivity contribution in [1.29, 1.82) is 0 Å². The second kappa shape index (κ2) is 13.5. The SMILES string of the molecule is CN=C(NCCCS(=O)(=O)Cc1ccccc1)NCCc1ccc(C)c(OC)c1.I. The number of benzene rings is 2. The standard InChI is InChI=1S/C22H31N3O3S.HI/c1-18-10-11-19(16-21(18)28-3)12-14-25-22(23-2)24-13-7-15-29(26,27)17-20-8-5-4-6-9-20;/h4-6,8-11,16H,7,12-15,17H2,1-3H3,(H2,23,24,25);1H. The second-order valence-electron chi connectivity index (χ2n) is 6.91. The number of ether oxygens (including phenoxy) is 1.